The van der Waals surface area contributed by atoms with Crippen LogP contribution in [0, 0.1) is 0 Å². The van der Waals surface area contributed by atoms with Gasteiger partial charge in [0.1, 0.15) is 0 Å². The quantitative estimate of drug-likeness (QED) is 0.848. The van der Waals surface area contributed by atoms with E-state index in [0.717, 1.165) is 19.4 Å². The summed E-state index contributed by atoms with van der Waals surface area (Å²) in [5, 5.41) is 4.15. The van der Waals surface area contributed by atoms with E-state index in [4.69, 9.17) is 0 Å². The van der Waals surface area contributed by atoms with Gasteiger partial charge in [0, 0.05) is 11.5 Å². The first-order valence-electron chi connectivity index (χ1n) is 5.59. The number of likely N-dealkylation sites (tertiary alicyclic amines) is 1. The summed E-state index contributed by atoms with van der Waals surface area (Å²) in [6.07, 6.45) is 5.14. The number of nitrogens with one attached hydrogen (secondary N) is 1. The Labute approximate surface area is 109 Å². The smallest absolute Gasteiger partial charge is 0.243 e. The summed E-state index contributed by atoms with van der Waals surface area (Å²) < 4.78 is 4.12. The minimum Gasteiger partial charge on any atom is -0.299 e. The lowest BCUT2D eigenvalue weighted by atomic mass is 10.0. The number of hydrogen-bond acceptors (Lipinski definition) is 6. The molecule has 94 valence electrons. The van der Waals surface area contributed by atoms with Gasteiger partial charge in [0.15, 0.2) is 0 Å². The fourth-order valence-electron chi connectivity index (χ4n) is 1.94. The molecule has 2 rings (SSSR count). The third-order valence-corrected chi connectivity index (χ3v) is 4.19. The van der Waals surface area contributed by atoms with Crippen molar-refractivity contribution >= 4 is 34.3 Å². The van der Waals surface area contributed by atoms with Gasteiger partial charge in [-0.3, -0.25) is 15.0 Å². The van der Waals surface area contributed by atoms with Crippen LogP contribution in [0.25, 0.3) is 0 Å². The largest absolute Gasteiger partial charge is 0.299 e. The number of aromatic nitrogens is 2. The molecule has 1 atom stereocenters. The fraction of sp³-hybridized carbons (Fsp3) is 0.700. The van der Waals surface area contributed by atoms with Crippen LogP contribution < -0.4 is 5.32 Å². The van der Waals surface area contributed by atoms with E-state index in [-0.39, 0.29) is 11.9 Å². The number of nitrogens with zero attached hydrogens (tertiary/aromatic N) is 3. The maximum Gasteiger partial charge on any atom is 0.243 e. The Kier molecular flexibility index (Phi) is 4.36. The Morgan fingerprint density at radius 1 is 1.59 bits per heavy atom. The molecular weight excluding hydrogens is 256 g/mol. The molecule has 0 unspecified atom stereocenters. The Hall–Kier alpha value is -0.660. The Morgan fingerprint density at radius 3 is 3.06 bits per heavy atom. The number of amides is 1. The highest BCUT2D eigenvalue weighted by Gasteiger charge is 2.26. The van der Waals surface area contributed by atoms with Crippen LogP contribution in [-0.4, -0.2) is 46.1 Å². The van der Waals surface area contributed by atoms with E-state index >= 15 is 0 Å². The zero-order valence-corrected chi connectivity index (χ0v) is 11.6. The number of thioether (sulfide) groups is 1. The van der Waals surface area contributed by atoms with Gasteiger partial charge in [-0.1, -0.05) is 18.2 Å². The van der Waals surface area contributed by atoms with Crippen molar-refractivity contribution in [3.63, 3.8) is 0 Å². The average Bonchev–Trinajstić information content (AvgIpc) is 2.77. The zero-order chi connectivity index (χ0) is 12.3. The molecule has 1 saturated heterocycles. The van der Waals surface area contributed by atoms with E-state index in [1.807, 2.05) is 13.3 Å². The molecule has 1 aliphatic rings. The lowest BCUT2D eigenvalue weighted by Gasteiger charge is -2.30. The molecular formula is C10H16N4OS2. The molecule has 0 bridgehead atoms. The van der Waals surface area contributed by atoms with Crippen LogP contribution in [0.4, 0.5) is 5.13 Å². The van der Waals surface area contributed by atoms with Crippen molar-refractivity contribution in [1.29, 1.82) is 0 Å². The predicted octanol–water partition coefficient (Wildman–Crippen LogP) is 1.68. The van der Waals surface area contributed by atoms with E-state index in [1.54, 1.807) is 0 Å². The highest BCUT2D eigenvalue weighted by Crippen LogP contribution is 2.20. The highest BCUT2D eigenvalue weighted by atomic mass is 32.2. The van der Waals surface area contributed by atoms with Gasteiger partial charge in [0.25, 0.3) is 0 Å². The van der Waals surface area contributed by atoms with Gasteiger partial charge >= 0.3 is 0 Å². The first-order valence-corrected chi connectivity index (χ1v) is 7.59. The number of carbonyl (C=O) groups is 1. The van der Waals surface area contributed by atoms with Crippen LogP contribution >= 0.6 is 23.3 Å². The molecule has 1 aliphatic heterocycles. The van der Waals surface area contributed by atoms with Crippen LogP contribution in [0.1, 0.15) is 19.3 Å². The Morgan fingerprint density at radius 2 is 2.41 bits per heavy atom. The fourth-order valence-corrected chi connectivity index (χ4v) is 3.07. The molecule has 0 saturated carbocycles. The monoisotopic (exact) mass is 272 g/mol. The lowest BCUT2D eigenvalue weighted by molar-refractivity contribution is -0.121. The van der Waals surface area contributed by atoms with Crippen molar-refractivity contribution in [2.45, 2.75) is 30.5 Å². The number of anilines is 1. The summed E-state index contributed by atoms with van der Waals surface area (Å²) in [5.74, 6) is 0.0380. The molecule has 0 spiro atoms. The van der Waals surface area contributed by atoms with Crippen LogP contribution in [0.15, 0.2) is 5.16 Å². The summed E-state index contributed by atoms with van der Waals surface area (Å²) in [6.45, 7) is 0.990. The zero-order valence-electron chi connectivity index (χ0n) is 9.97. The summed E-state index contributed by atoms with van der Waals surface area (Å²) in [6, 6.07) is -0.0228. The topological polar surface area (TPSA) is 58.1 Å². The average molecular weight is 272 g/mol. The van der Waals surface area contributed by atoms with Gasteiger partial charge < -0.3 is 0 Å². The highest BCUT2D eigenvalue weighted by molar-refractivity contribution is 7.98. The van der Waals surface area contributed by atoms with Gasteiger partial charge in [-0.2, -0.15) is 9.36 Å². The molecule has 5 nitrogen and oxygen atoms in total. The number of likely N-dealkylation sites (N-methyl/N-ethyl adjacent to an activating group) is 1. The minimum atomic E-state index is -0.0228. The molecule has 17 heavy (non-hydrogen) atoms. The van der Waals surface area contributed by atoms with Gasteiger partial charge in [-0.25, -0.2) is 0 Å². The van der Waals surface area contributed by atoms with Gasteiger partial charge in [-0.15, -0.1) is 0 Å². The van der Waals surface area contributed by atoms with Crippen molar-refractivity contribution in [3.8, 4) is 0 Å². The van der Waals surface area contributed by atoms with E-state index in [0.29, 0.717) is 10.3 Å². The van der Waals surface area contributed by atoms with Crippen molar-refractivity contribution in [1.82, 2.24) is 14.3 Å². The molecule has 0 aromatic carbocycles. The molecule has 1 aromatic rings. The maximum atomic E-state index is 12.1. The number of carbonyl (C=O) groups excluding carboxylic acids is 1. The number of piperidine rings is 1. The predicted molar refractivity (Wildman–Crippen MR) is 70.6 cm³/mol. The van der Waals surface area contributed by atoms with Crippen LogP contribution in [0.2, 0.25) is 0 Å². The van der Waals surface area contributed by atoms with Gasteiger partial charge in [0.2, 0.25) is 16.2 Å². The third-order valence-electron chi connectivity index (χ3n) is 2.89. The molecule has 0 aliphatic carbocycles. The van der Waals surface area contributed by atoms with Crippen molar-refractivity contribution in [3.05, 3.63) is 0 Å². The summed E-state index contributed by atoms with van der Waals surface area (Å²) >= 11 is 2.71. The SMILES string of the molecule is CSc1nsc(NC(=O)[C@@H]2CCCCN2C)n1. The van der Waals surface area contributed by atoms with Crippen LogP contribution in [0.5, 0.6) is 0 Å². The van der Waals surface area contributed by atoms with Crippen LogP contribution in [-0.2, 0) is 4.79 Å². The summed E-state index contributed by atoms with van der Waals surface area (Å²) in [4.78, 5) is 18.4. The Bertz CT molecular complexity index is 395. The van der Waals surface area contributed by atoms with Crippen molar-refractivity contribution in [2.75, 3.05) is 25.2 Å². The molecule has 2 heterocycles. The molecule has 1 N–H and O–H groups in total. The molecule has 1 fully saturated rings. The second-order valence-electron chi connectivity index (χ2n) is 4.07. The first-order chi connectivity index (χ1) is 8.20. The second kappa shape index (κ2) is 5.79. The number of rotatable bonds is 3. The minimum absolute atomic E-state index is 0.0228. The normalized spacial score (nSPS) is 21.4. The summed E-state index contributed by atoms with van der Waals surface area (Å²) in [7, 11) is 2.00. The summed E-state index contributed by atoms with van der Waals surface area (Å²) in [5.41, 5.74) is 0. The van der Waals surface area contributed by atoms with E-state index < -0.39 is 0 Å². The Balaban J connectivity index is 1.95. The molecule has 1 amide bonds. The van der Waals surface area contributed by atoms with E-state index in [1.165, 1.54) is 29.7 Å². The van der Waals surface area contributed by atoms with Crippen LogP contribution in [0.3, 0.4) is 0 Å². The molecule has 0 radical (unpaired) electrons. The lowest BCUT2D eigenvalue weighted by Crippen LogP contribution is -2.44. The van der Waals surface area contributed by atoms with E-state index in [2.05, 4.69) is 19.6 Å². The molecule has 7 heteroatoms. The third kappa shape index (κ3) is 3.17. The number of hydrogen-bond donors (Lipinski definition) is 1. The standard InChI is InChI=1S/C10H16N4OS2/c1-14-6-4-3-5-7(14)8(15)11-9-12-10(16-2)13-17-9/h7H,3-6H2,1-2H3,(H,11,12,13,15)/t7-/m0/s1. The van der Waals surface area contributed by atoms with Crippen molar-refractivity contribution in [2.24, 2.45) is 0 Å². The maximum absolute atomic E-state index is 12.1. The van der Waals surface area contributed by atoms with E-state index in [9.17, 15) is 4.79 Å². The van der Waals surface area contributed by atoms with Gasteiger partial charge in [-0.05, 0) is 32.7 Å². The van der Waals surface area contributed by atoms with Crippen molar-refractivity contribution < 1.29 is 4.79 Å². The molecule has 1 aromatic heterocycles. The second-order valence-corrected chi connectivity index (χ2v) is 5.59. The first kappa shape index (κ1) is 12.8. The van der Waals surface area contributed by atoms with Gasteiger partial charge in [0.05, 0.1) is 6.04 Å².